The topological polar surface area (TPSA) is 70.9 Å². The van der Waals surface area contributed by atoms with Gasteiger partial charge in [0.1, 0.15) is 17.3 Å². The molecule has 2 aromatic heterocycles. The highest BCUT2D eigenvalue weighted by Gasteiger charge is 2.20. The van der Waals surface area contributed by atoms with Crippen LogP contribution in [0.5, 0.6) is 5.75 Å². The lowest BCUT2D eigenvalue weighted by molar-refractivity contribution is 0.415. The molecule has 0 aliphatic carbocycles. The lowest BCUT2D eigenvalue weighted by atomic mass is 10.0. The molecule has 6 heteroatoms. The second-order valence-corrected chi connectivity index (χ2v) is 4.83. The largest absolute Gasteiger partial charge is 0.497 e. The van der Waals surface area contributed by atoms with E-state index in [1.54, 1.807) is 18.0 Å². The van der Waals surface area contributed by atoms with E-state index >= 15 is 0 Å². The zero-order valence-corrected chi connectivity index (χ0v) is 12.2. The molecule has 0 unspecified atom stereocenters. The van der Waals surface area contributed by atoms with E-state index in [-0.39, 0.29) is 0 Å². The Bertz CT molecular complexity index is 787. The third-order valence-corrected chi connectivity index (χ3v) is 3.48. The van der Waals surface area contributed by atoms with Crippen molar-refractivity contribution in [2.45, 2.75) is 0 Å². The minimum atomic E-state index is 0.598. The number of methoxy groups -OCH3 is 1. The average molecular weight is 283 g/mol. The fraction of sp³-hybridized carbons (Fsp3) is 0.200. The predicted octanol–water partition coefficient (Wildman–Crippen LogP) is 2.08. The molecule has 3 rings (SSSR count). The number of rotatable bonds is 3. The molecule has 0 aliphatic heterocycles. The molecule has 0 bridgehead atoms. The molecule has 3 aromatic rings. The number of nitrogen functional groups attached to an aromatic ring is 1. The summed E-state index contributed by atoms with van der Waals surface area (Å²) >= 11 is 0. The maximum atomic E-state index is 6.21. The van der Waals surface area contributed by atoms with Gasteiger partial charge < -0.3 is 15.0 Å². The first-order chi connectivity index (χ1) is 10.1. The van der Waals surface area contributed by atoms with Crippen molar-refractivity contribution in [2.24, 2.45) is 14.1 Å². The first kappa shape index (κ1) is 13.2. The monoisotopic (exact) mass is 283 g/mol. The summed E-state index contributed by atoms with van der Waals surface area (Å²) < 4.78 is 8.88. The molecule has 2 heterocycles. The van der Waals surface area contributed by atoms with Crippen molar-refractivity contribution in [2.75, 3.05) is 12.8 Å². The van der Waals surface area contributed by atoms with Crippen molar-refractivity contribution >= 4 is 5.82 Å². The zero-order valence-electron chi connectivity index (χ0n) is 12.2. The van der Waals surface area contributed by atoms with E-state index in [9.17, 15) is 0 Å². The molecular weight excluding hydrogens is 266 g/mol. The van der Waals surface area contributed by atoms with Gasteiger partial charge in [-0.05, 0) is 17.7 Å². The van der Waals surface area contributed by atoms with Gasteiger partial charge in [0.25, 0.3) is 0 Å². The molecule has 6 nitrogen and oxygen atoms in total. The Morgan fingerprint density at radius 2 is 2.05 bits per heavy atom. The first-order valence-corrected chi connectivity index (χ1v) is 6.56. The molecular formula is C15H17N5O. The number of imidazole rings is 1. The van der Waals surface area contributed by atoms with Gasteiger partial charge in [-0.25, -0.2) is 4.98 Å². The number of aryl methyl sites for hydroxylation is 2. The van der Waals surface area contributed by atoms with Gasteiger partial charge in [0.15, 0.2) is 5.82 Å². The molecule has 2 N–H and O–H groups in total. The summed E-state index contributed by atoms with van der Waals surface area (Å²) in [6.45, 7) is 0. The Hall–Kier alpha value is -2.76. The summed E-state index contributed by atoms with van der Waals surface area (Å²) in [5, 5.41) is 4.51. The minimum absolute atomic E-state index is 0.598. The Balaban J connectivity index is 2.24. The molecule has 0 saturated carbocycles. The Kier molecular flexibility index (Phi) is 3.13. The van der Waals surface area contributed by atoms with Crippen molar-refractivity contribution < 1.29 is 4.74 Å². The van der Waals surface area contributed by atoms with Crippen molar-refractivity contribution in [3.05, 3.63) is 36.7 Å². The molecule has 0 saturated heterocycles. The van der Waals surface area contributed by atoms with E-state index in [0.29, 0.717) is 5.82 Å². The van der Waals surface area contributed by atoms with Crippen LogP contribution in [0, 0.1) is 0 Å². The van der Waals surface area contributed by atoms with Crippen LogP contribution in [0.3, 0.4) is 0 Å². The number of aromatic nitrogens is 4. The molecule has 21 heavy (non-hydrogen) atoms. The highest BCUT2D eigenvalue weighted by Crippen LogP contribution is 2.36. The number of anilines is 1. The van der Waals surface area contributed by atoms with Crippen LogP contribution in [0.15, 0.2) is 36.7 Å². The van der Waals surface area contributed by atoms with Gasteiger partial charge in [-0.1, -0.05) is 12.1 Å². The van der Waals surface area contributed by atoms with Crippen LogP contribution in [0.25, 0.3) is 22.6 Å². The fourth-order valence-electron chi connectivity index (χ4n) is 2.35. The SMILES string of the molecule is COc1cccc(-c2c(-c3nccn3C)nn(C)c2N)c1. The second kappa shape index (κ2) is 4.97. The average Bonchev–Trinajstić information content (AvgIpc) is 3.03. The summed E-state index contributed by atoms with van der Waals surface area (Å²) in [5.74, 6) is 2.16. The Labute approximate surface area is 122 Å². The summed E-state index contributed by atoms with van der Waals surface area (Å²) in [5.41, 5.74) is 8.79. The van der Waals surface area contributed by atoms with E-state index in [1.807, 2.05) is 49.1 Å². The third kappa shape index (κ3) is 2.14. The molecule has 108 valence electrons. The van der Waals surface area contributed by atoms with Gasteiger partial charge >= 0.3 is 0 Å². The number of nitrogens with two attached hydrogens (primary N) is 1. The van der Waals surface area contributed by atoms with Crippen LogP contribution in [0.1, 0.15) is 0 Å². The van der Waals surface area contributed by atoms with Gasteiger partial charge in [0.05, 0.1) is 12.7 Å². The molecule has 0 radical (unpaired) electrons. The number of hydrogen-bond acceptors (Lipinski definition) is 4. The van der Waals surface area contributed by atoms with Gasteiger partial charge in [-0.3, -0.25) is 4.68 Å². The van der Waals surface area contributed by atoms with Gasteiger partial charge in [-0.15, -0.1) is 0 Å². The van der Waals surface area contributed by atoms with E-state index in [1.165, 1.54) is 0 Å². The van der Waals surface area contributed by atoms with Gasteiger partial charge in [-0.2, -0.15) is 5.10 Å². The summed E-state index contributed by atoms with van der Waals surface area (Å²) in [7, 11) is 5.40. The van der Waals surface area contributed by atoms with E-state index in [4.69, 9.17) is 10.5 Å². The van der Waals surface area contributed by atoms with E-state index < -0.39 is 0 Å². The van der Waals surface area contributed by atoms with Crippen LogP contribution in [-0.2, 0) is 14.1 Å². The smallest absolute Gasteiger partial charge is 0.161 e. The maximum Gasteiger partial charge on any atom is 0.161 e. The van der Waals surface area contributed by atoms with Crippen LogP contribution in [0.4, 0.5) is 5.82 Å². The standard InChI is InChI=1S/C15H17N5O/c1-19-8-7-17-15(19)13-12(14(16)20(2)18-13)10-5-4-6-11(9-10)21-3/h4-9H,16H2,1-3H3. The third-order valence-electron chi connectivity index (χ3n) is 3.48. The number of nitrogens with zero attached hydrogens (tertiary/aromatic N) is 4. The lowest BCUT2D eigenvalue weighted by Crippen LogP contribution is -1.98. The van der Waals surface area contributed by atoms with Crippen LogP contribution in [-0.4, -0.2) is 26.4 Å². The number of benzene rings is 1. The Morgan fingerprint density at radius 1 is 1.24 bits per heavy atom. The quantitative estimate of drug-likeness (QED) is 0.799. The highest BCUT2D eigenvalue weighted by molar-refractivity contribution is 5.86. The van der Waals surface area contributed by atoms with Gasteiger partial charge in [0, 0.05) is 26.5 Å². The van der Waals surface area contributed by atoms with Crippen molar-refractivity contribution in [3.8, 4) is 28.4 Å². The van der Waals surface area contributed by atoms with Crippen molar-refractivity contribution in [1.82, 2.24) is 19.3 Å². The van der Waals surface area contributed by atoms with Crippen LogP contribution >= 0.6 is 0 Å². The predicted molar refractivity (Wildman–Crippen MR) is 81.8 cm³/mol. The summed E-state index contributed by atoms with van der Waals surface area (Å²) in [6.07, 6.45) is 3.63. The van der Waals surface area contributed by atoms with Gasteiger partial charge in [0.2, 0.25) is 0 Å². The molecule has 0 atom stereocenters. The first-order valence-electron chi connectivity index (χ1n) is 6.56. The summed E-state index contributed by atoms with van der Waals surface area (Å²) in [6, 6.07) is 7.77. The minimum Gasteiger partial charge on any atom is -0.497 e. The fourth-order valence-corrected chi connectivity index (χ4v) is 2.35. The van der Waals surface area contributed by atoms with Crippen LogP contribution in [0.2, 0.25) is 0 Å². The number of ether oxygens (including phenoxy) is 1. The molecule has 0 spiro atoms. The second-order valence-electron chi connectivity index (χ2n) is 4.83. The molecule has 0 fully saturated rings. The van der Waals surface area contributed by atoms with Crippen molar-refractivity contribution in [3.63, 3.8) is 0 Å². The summed E-state index contributed by atoms with van der Waals surface area (Å²) in [4.78, 5) is 4.37. The van der Waals surface area contributed by atoms with Crippen molar-refractivity contribution in [1.29, 1.82) is 0 Å². The normalized spacial score (nSPS) is 10.8. The number of hydrogen-bond donors (Lipinski definition) is 1. The maximum absolute atomic E-state index is 6.21. The van der Waals surface area contributed by atoms with E-state index in [2.05, 4.69) is 10.1 Å². The Morgan fingerprint density at radius 3 is 2.71 bits per heavy atom. The highest BCUT2D eigenvalue weighted by atomic mass is 16.5. The van der Waals surface area contributed by atoms with E-state index in [0.717, 1.165) is 28.4 Å². The lowest BCUT2D eigenvalue weighted by Gasteiger charge is -2.06. The molecule has 1 aromatic carbocycles. The van der Waals surface area contributed by atoms with Crippen LogP contribution < -0.4 is 10.5 Å². The molecule has 0 amide bonds. The molecule has 0 aliphatic rings. The zero-order chi connectivity index (χ0) is 15.0.